The maximum absolute atomic E-state index is 13.2. The summed E-state index contributed by atoms with van der Waals surface area (Å²) in [5.74, 6) is -0.855. The van der Waals surface area contributed by atoms with Crippen LogP contribution in [0.1, 0.15) is 23.7 Å². The average Bonchev–Trinajstić information content (AvgIpc) is 2.95. The number of fused-ring (bicyclic) bond motifs is 1. The van der Waals surface area contributed by atoms with Gasteiger partial charge in [-0.2, -0.15) is 0 Å². The molecule has 3 atom stereocenters. The molecule has 1 aromatic carbocycles. The molecule has 2 aliphatic rings. The molecule has 0 aliphatic carbocycles. The van der Waals surface area contributed by atoms with Gasteiger partial charge in [0, 0.05) is 19.1 Å². The molecule has 0 spiro atoms. The lowest BCUT2D eigenvalue weighted by molar-refractivity contribution is -0.141. The van der Waals surface area contributed by atoms with Crippen LogP contribution < -0.4 is 0 Å². The highest BCUT2D eigenvalue weighted by molar-refractivity contribution is 6.33. The van der Waals surface area contributed by atoms with Crippen LogP contribution in [0.2, 0.25) is 5.02 Å². The monoisotopic (exact) mass is 353 g/mol. The molecule has 0 radical (unpaired) electrons. The Kier molecular flexibility index (Phi) is 4.53. The molecule has 2 amide bonds. The van der Waals surface area contributed by atoms with Gasteiger partial charge in [-0.3, -0.25) is 9.59 Å². The van der Waals surface area contributed by atoms with Crippen molar-refractivity contribution >= 4 is 23.4 Å². The van der Waals surface area contributed by atoms with E-state index in [0.717, 1.165) is 12.5 Å². The number of rotatable bonds is 2. The van der Waals surface area contributed by atoms with Crippen molar-refractivity contribution in [1.82, 2.24) is 14.7 Å². The maximum Gasteiger partial charge on any atom is 0.256 e. The number of hydrogen-bond acceptors (Lipinski definition) is 3. The van der Waals surface area contributed by atoms with Crippen LogP contribution in [0.15, 0.2) is 18.2 Å². The van der Waals surface area contributed by atoms with Gasteiger partial charge in [0.15, 0.2) is 0 Å². The smallest absolute Gasteiger partial charge is 0.256 e. The molecule has 24 heavy (non-hydrogen) atoms. The summed E-state index contributed by atoms with van der Waals surface area (Å²) in [5, 5.41) is 0.0691. The van der Waals surface area contributed by atoms with E-state index in [9.17, 15) is 14.0 Å². The van der Waals surface area contributed by atoms with Gasteiger partial charge in [-0.1, -0.05) is 11.6 Å². The third-order valence-electron chi connectivity index (χ3n) is 5.06. The van der Waals surface area contributed by atoms with E-state index in [0.29, 0.717) is 19.1 Å². The zero-order chi connectivity index (χ0) is 17.6. The van der Waals surface area contributed by atoms with E-state index in [1.807, 2.05) is 19.0 Å². The molecule has 0 unspecified atom stereocenters. The minimum Gasteiger partial charge on any atom is -0.335 e. The Morgan fingerprint density at radius 1 is 1.33 bits per heavy atom. The predicted octanol–water partition coefficient (Wildman–Crippen LogP) is 1.85. The standard InChI is InChI=1S/C17H21ClFN3O2/c1-10-16(23)22-8-12(20(2)3)7-13(22)9-21(10)17(24)14-5-4-11(19)6-15(14)18/h4-6,10,12-13H,7-9H2,1-3H3/t10-,12-,13-/m0/s1. The van der Waals surface area contributed by atoms with Crippen molar-refractivity contribution in [2.24, 2.45) is 0 Å². The number of piperazine rings is 1. The number of nitrogens with zero attached hydrogens (tertiary/aromatic N) is 3. The van der Waals surface area contributed by atoms with Gasteiger partial charge in [-0.05, 0) is 45.6 Å². The second-order valence-electron chi connectivity index (χ2n) is 6.76. The van der Waals surface area contributed by atoms with Crippen LogP contribution in [0.3, 0.4) is 0 Å². The van der Waals surface area contributed by atoms with Gasteiger partial charge in [-0.15, -0.1) is 0 Å². The molecule has 0 aromatic heterocycles. The van der Waals surface area contributed by atoms with Crippen molar-refractivity contribution in [3.8, 4) is 0 Å². The molecule has 7 heteroatoms. The molecular weight excluding hydrogens is 333 g/mol. The lowest BCUT2D eigenvalue weighted by atomic mass is 10.0. The summed E-state index contributed by atoms with van der Waals surface area (Å²) in [4.78, 5) is 31.1. The Morgan fingerprint density at radius 2 is 2.04 bits per heavy atom. The summed E-state index contributed by atoms with van der Waals surface area (Å²) in [6.07, 6.45) is 0.840. The van der Waals surface area contributed by atoms with E-state index in [-0.39, 0.29) is 28.4 Å². The lowest BCUT2D eigenvalue weighted by Gasteiger charge is -2.41. The summed E-state index contributed by atoms with van der Waals surface area (Å²) >= 11 is 6.01. The number of benzene rings is 1. The SMILES string of the molecule is C[C@H]1C(=O)N2C[C@@H](N(C)C)C[C@H]2CN1C(=O)c1ccc(F)cc1Cl. The molecule has 0 bridgehead atoms. The number of hydrogen-bond donors (Lipinski definition) is 0. The number of amides is 2. The zero-order valence-corrected chi connectivity index (χ0v) is 14.8. The minimum absolute atomic E-state index is 0.0178. The van der Waals surface area contributed by atoms with E-state index < -0.39 is 11.9 Å². The fourth-order valence-corrected chi connectivity index (χ4v) is 3.79. The fourth-order valence-electron chi connectivity index (χ4n) is 3.54. The Morgan fingerprint density at radius 3 is 2.67 bits per heavy atom. The van der Waals surface area contributed by atoms with Gasteiger partial charge in [0.2, 0.25) is 5.91 Å². The van der Waals surface area contributed by atoms with Gasteiger partial charge < -0.3 is 14.7 Å². The largest absolute Gasteiger partial charge is 0.335 e. The van der Waals surface area contributed by atoms with Crippen LogP contribution in [-0.4, -0.2) is 71.8 Å². The van der Waals surface area contributed by atoms with Crippen molar-refractivity contribution in [3.05, 3.63) is 34.6 Å². The first-order valence-electron chi connectivity index (χ1n) is 8.02. The van der Waals surface area contributed by atoms with Crippen LogP contribution in [0.25, 0.3) is 0 Å². The first-order chi connectivity index (χ1) is 11.3. The van der Waals surface area contributed by atoms with Crippen molar-refractivity contribution in [2.45, 2.75) is 31.5 Å². The second-order valence-corrected chi connectivity index (χ2v) is 7.16. The fraction of sp³-hybridized carbons (Fsp3) is 0.529. The van der Waals surface area contributed by atoms with Crippen LogP contribution in [0.4, 0.5) is 4.39 Å². The lowest BCUT2D eigenvalue weighted by Crippen LogP contribution is -2.60. The van der Waals surface area contributed by atoms with Gasteiger partial charge in [-0.25, -0.2) is 4.39 Å². The molecule has 2 fully saturated rings. The Labute approximate surface area is 146 Å². The Balaban J connectivity index is 1.84. The van der Waals surface area contributed by atoms with E-state index in [4.69, 9.17) is 11.6 Å². The van der Waals surface area contributed by atoms with Crippen LogP contribution >= 0.6 is 11.6 Å². The second kappa shape index (κ2) is 6.33. The average molecular weight is 354 g/mol. The van der Waals surface area contributed by atoms with Gasteiger partial charge in [0.1, 0.15) is 11.9 Å². The topological polar surface area (TPSA) is 43.9 Å². The van der Waals surface area contributed by atoms with Crippen molar-refractivity contribution < 1.29 is 14.0 Å². The first-order valence-corrected chi connectivity index (χ1v) is 8.40. The van der Waals surface area contributed by atoms with E-state index in [1.54, 1.807) is 11.8 Å². The molecule has 5 nitrogen and oxygen atoms in total. The number of halogens is 2. The summed E-state index contributed by atoms with van der Waals surface area (Å²) in [5.41, 5.74) is 0.230. The zero-order valence-electron chi connectivity index (χ0n) is 14.0. The normalized spacial score (nSPS) is 26.9. The molecule has 3 rings (SSSR count). The van der Waals surface area contributed by atoms with Crippen LogP contribution in [0, 0.1) is 5.82 Å². The number of carbonyl (C=O) groups is 2. The summed E-state index contributed by atoms with van der Waals surface area (Å²) in [6, 6.07) is 3.48. The highest BCUT2D eigenvalue weighted by Gasteiger charge is 2.45. The number of likely N-dealkylation sites (N-methyl/N-ethyl adjacent to an activating group) is 1. The summed E-state index contributed by atoms with van der Waals surface area (Å²) in [6.45, 7) is 2.90. The van der Waals surface area contributed by atoms with Crippen molar-refractivity contribution in [2.75, 3.05) is 27.2 Å². The predicted molar refractivity (Wildman–Crippen MR) is 89.5 cm³/mol. The van der Waals surface area contributed by atoms with Crippen molar-refractivity contribution in [1.29, 1.82) is 0 Å². The van der Waals surface area contributed by atoms with E-state index >= 15 is 0 Å². The Bertz CT molecular complexity index is 682. The molecule has 2 aliphatic heterocycles. The molecule has 130 valence electrons. The third kappa shape index (κ3) is 2.89. The van der Waals surface area contributed by atoms with Crippen molar-refractivity contribution in [3.63, 3.8) is 0 Å². The molecule has 2 heterocycles. The van der Waals surface area contributed by atoms with E-state index in [1.165, 1.54) is 12.1 Å². The van der Waals surface area contributed by atoms with Crippen LogP contribution in [-0.2, 0) is 4.79 Å². The molecule has 1 aromatic rings. The van der Waals surface area contributed by atoms with E-state index in [2.05, 4.69) is 4.90 Å². The van der Waals surface area contributed by atoms with Gasteiger partial charge >= 0.3 is 0 Å². The first kappa shape index (κ1) is 17.2. The third-order valence-corrected chi connectivity index (χ3v) is 5.37. The highest BCUT2D eigenvalue weighted by atomic mass is 35.5. The van der Waals surface area contributed by atoms with Gasteiger partial charge in [0.25, 0.3) is 5.91 Å². The highest BCUT2D eigenvalue weighted by Crippen LogP contribution is 2.29. The molecule has 2 saturated heterocycles. The molecule has 0 N–H and O–H groups in total. The number of carbonyl (C=O) groups excluding carboxylic acids is 2. The molecule has 0 saturated carbocycles. The quantitative estimate of drug-likeness (QED) is 0.815. The molecular formula is C17H21ClFN3O2. The summed E-state index contributed by atoms with van der Waals surface area (Å²) in [7, 11) is 4.00. The van der Waals surface area contributed by atoms with Gasteiger partial charge in [0.05, 0.1) is 16.6 Å². The Hall–Kier alpha value is -1.66. The summed E-state index contributed by atoms with van der Waals surface area (Å²) < 4.78 is 13.2. The maximum atomic E-state index is 13.2. The minimum atomic E-state index is -0.546. The van der Waals surface area contributed by atoms with Crippen LogP contribution in [0.5, 0.6) is 0 Å².